The summed E-state index contributed by atoms with van der Waals surface area (Å²) in [6.45, 7) is 1.32. The van der Waals surface area contributed by atoms with Gasteiger partial charge in [-0.25, -0.2) is 8.42 Å². The van der Waals surface area contributed by atoms with Crippen LogP contribution in [0.4, 0.5) is 5.69 Å². The number of nitrogens with one attached hydrogen (secondary N) is 1. The summed E-state index contributed by atoms with van der Waals surface area (Å²) in [5, 5.41) is 0.286. The number of carbonyl (C=O) groups is 1. The molecular weight excluding hydrogens is 510 g/mol. The third-order valence-corrected chi connectivity index (χ3v) is 8.04. The van der Waals surface area contributed by atoms with E-state index in [9.17, 15) is 18.0 Å². The SMILES string of the molecule is O=C(c1ccc(Cl)cc1NS(=O)(=O)c1cccc2nsnc12)N1CCCn2c(cccc2=O)CC1. The van der Waals surface area contributed by atoms with E-state index in [2.05, 4.69) is 13.5 Å². The van der Waals surface area contributed by atoms with Gasteiger partial charge in [0, 0.05) is 42.8 Å². The van der Waals surface area contributed by atoms with Gasteiger partial charge in [0.1, 0.15) is 15.9 Å². The standard InChI is InChI=1S/C23H20ClN5O4S2/c24-15-8-9-17(23(31)28-11-3-12-29-16(10-13-28)4-1-7-21(29)30)19(14-15)27-35(32,33)20-6-2-5-18-22(20)26-34-25-18/h1-2,4-9,14,27H,3,10-13H2. The fourth-order valence-electron chi connectivity index (χ4n) is 4.17. The maximum absolute atomic E-state index is 13.5. The first-order valence-electron chi connectivity index (χ1n) is 10.9. The number of pyridine rings is 1. The van der Waals surface area contributed by atoms with Gasteiger partial charge in [-0.15, -0.1) is 0 Å². The smallest absolute Gasteiger partial charge is 0.264 e. The van der Waals surface area contributed by atoms with Crippen molar-refractivity contribution in [1.82, 2.24) is 18.2 Å². The van der Waals surface area contributed by atoms with Gasteiger partial charge < -0.3 is 9.47 Å². The predicted molar refractivity (Wildman–Crippen MR) is 135 cm³/mol. The highest BCUT2D eigenvalue weighted by Crippen LogP contribution is 2.28. The van der Waals surface area contributed by atoms with Crippen molar-refractivity contribution in [2.24, 2.45) is 0 Å². The number of sulfonamides is 1. The van der Waals surface area contributed by atoms with Crippen LogP contribution < -0.4 is 10.3 Å². The molecule has 1 N–H and O–H groups in total. The van der Waals surface area contributed by atoms with E-state index in [0.29, 0.717) is 38.0 Å². The second-order valence-electron chi connectivity index (χ2n) is 8.09. The lowest BCUT2D eigenvalue weighted by atomic mass is 10.1. The molecule has 9 nitrogen and oxygen atoms in total. The average Bonchev–Trinajstić information content (AvgIpc) is 3.28. The minimum absolute atomic E-state index is 0.0320. The highest BCUT2D eigenvalue weighted by Gasteiger charge is 2.25. The Morgan fingerprint density at radius 1 is 1.03 bits per heavy atom. The van der Waals surface area contributed by atoms with Crippen molar-refractivity contribution in [3.8, 4) is 0 Å². The molecule has 5 rings (SSSR count). The molecule has 1 amide bonds. The minimum Gasteiger partial charge on any atom is -0.338 e. The number of halogens is 1. The maximum atomic E-state index is 13.5. The molecule has 0 spiro atoms. The van der Waals surface area contributed by atoms with Crippen LogP contribution in [0.1, 0.15) is 22.5 Å². The van der Waals surface area contributed by atoms with Crippen LogP contribution >= 0.6 is 23.3 Å². The van der Waals surface area contributed by atoms with E-state index in [4.69, 9.17) is 11.6 Å². The first kappa shape index (κ1) is 23.5. The van der Waals surface area contributed by atoms with E-state index in [1.54, 1.807) is 33.7 Å². The van der Waals surface area contributed by atoms with Gasteiger partial charge in [-0.3, -0.25) is 14.3 Å². The van der Waals surface area contributed by atoms with E-state index >= 15 is 0 Å². The van der Waals surface area contributed by atoms with E-state index in [1.165, 1.54) is 24.3 Å². The summed E-state index contributed by atoms with van der Waals surface area (Å²) in [6.07, 6.45) is 1.10. The Kier molecular flexibility index (Phi) is 6.30. The van der Waals surface area contributed by atoms with Gasteiger partial charge >= 0.3 is 0 Å². The van der Waals surface area contributed by atoms with Gasteiger partial charge in [-0.2, -0.15) is 8.75 Å². The molecule has 0 saturated heterocycles. The number of fused-ring (bicyclic) bond motifs is 2. The van der Waals surface area contributed by atoms with E-state index in [0.717, 1.165) is 17.4 Å². The Bertz CT molecular complexity index is 1600. The monoisotopic (exact) mass is 529 g/mol. The molecule has 2 aromatic carbocycles. The summed E-state index contributed by atoms with van der Waals surface area (Å²) < 4.78 is 39.0. The Morgan fingerprint density at radius 2 is 1.86 bits per heavy atom. The molecule has 0 unspecified atom stereocenters. The molecule has 2 aromatic heterocycles. The maximum Gasteiger partial charge on any atom is 0.264 e. The third-order valence-electron chi connectivity index (χ3n) is 5.87. The zero-order valence-corrected chi connectivity index (χ0v) is 20.7. The second-order valence-corrected chi connectivity index (χ2v) is 10.7. The van der Waals surface area contributed by atoms with Crippen LogP contribution in [0.25, 0.3) is 11.0 Å². The molecule has 4 aromatic rings. The average molecular weight is 530 g/mol. The van der Waals surface area contributed by atoms with Crippen LogP contribution in [-0.2, 0) is 23.0 Å². The number of anilines is 1. The van der Waals surface area contributed by atoms with Crippen LogP contribution in [0.2, 0.25) is 5.02 Å². The molecule has 180 valence electrons. The zero-order chi connectivity index (χ0) is 24.6. The lowest BCUT2D eigenvalue weighted by Gasteiger charge is -2.27. The number of rotatable bonds is 4. The molecule has 0 aliphatic carbocycles. The number of carbonyl (C=O) groups excluding carboxylic acids is 1. The van der Waals surface area contributed by atoms with Gasteiger partial charge in [-0.1, -0.05) is 23.7 Å². The highest BCUT2D eigenvalue weighted by atomic mass is 35.5. The van der Waals surface area contributed by atoms with Crippen molar-refractivity contribution in [2.75, 3.05) is 17.8 Å². The van der Waals surface area contributed by atoms with Gasteiger partial charge in [0.05, 0.1) is 23.0 Å². The quantitative estimate of drug-likeness (QED) is 0.433. The Balaban J connectivity index is 1.45. The molecule has 0 saturated carbocycles. The summed E-state index contributed by atoms with van der Waals surface area (Å²) in [4.78, 5) is 27.3. The predicted octanol–water partition coefficient (Wildman–Crippen LogP) is 3.40. The third kappa shape index (κ3) is 4.66. The molecule has 12 heteroatoms. The van der Waals surface area contributed by atoms with Gasteiger partial charge in [0.25, 0.3) is 21.5 Å². The molecule has 0 atom stereocenters. The van der Waals surface area contributed by atoms with Crippen molar-refractivity contribution >= 4 is 56.0 Å². The molecule has 0 radical (unpaired) electrons. The number of nitrogens with zero attached hydrogens (tertiary/aromatic N) is 4. The van der Waals surface area contributed by atoms with E-state index in [-0.39, 0.29) is 38.2 Å². The summed E-state index contributed by atoms with van der Waals surface area (Å²) in [5.74, 6) is -0.320. The number of hydrogen-bond donors (Lipinski definition) is 1. The fraction of sp³-hybridized carbons (Fsp3) is 0.217. The topological polar surface area (TPSA) is 114 Å². The Labute approximate surface area is 210 Å². The van der Waals surface area contributed by atoms with Gasteiger partial charge in [-0.05, 0) is 42.8 Å². The van der Waals surface area contributed by atoms with Crippen LogP contribution in [0, 0.1) is 0 Å². The molecule has 0 bridgehead atoms. The first-order chi connectivity index (χ1) is 16.8. The lowest BCUT2D eigenvalue weighted by Crippen LogP contribution is -2.38. The molecule has 0 fully saturated rings. The summed E-state index contributed by atoms with van der Waals surface area (Å²) in [5.41, 5.74) is 1.81. The van der Waals surface area contributed by atoms with Crippen molar-refractivity contribution < 1.29 is 13.2 Å². The van der Waals surface area contributed by atoms with Crippen LogP contribution in [0.15, 0.2) is 64.3 Å². The van der Waals surface area contributed by atoms with Crippen LogP contribution in [-0.4, -0.2) is 45.6 Å². The largest absolute Gasteiger partial charge is 0.338 e. The summed E-state index contributed by atoms with van der Waals surface area (Å²) in [6, 6.07) is 14.3. The highest BCUT2D eigenvalue weighted by molar-refractivity contribution is 7.93. The molecule has 1 aliphatic heterocycles. The van der Waals surface area contributed by atoms with E-state index < -0.39 is 10.0 Å². The van der Waals surface area contributed by atoms with Gasteiger partial charge in [0.2, 0.25) is 0 Å². The zero-order valence-electron chi connectivity index (χ0n) is 18.3. The van der Waals surface area contributed by atoms with Crippen LogP contribution in [0.5, 0.6) is 0 Å². The molecule has 1 aliphatic rings. The number of benzene rings is 2. The lowest BCUT2D eigenvalue weighted by molar-refractivity contribution is 0.0748. The summed E-state index contributed by atoms with van der Waals surface area (Å²) in [7, 11) is -4.08. The normalized spacial score (nSPS) is 14.3. The minimum atomic E-state index is -4.08. The van der Waals surface area contributed by atoms with Gasteiger partial charge in [0.15, 0.2) is 0 Å². The molecule has 35 heavy (non-hydrogen) atoms. The van der Waals surface area contributed by atoms with E-state index in [1.807, 2.05) is 6.07 Å². The Morgan fingerprint density at radius 3 is 2.71 bits per heavy atom. The molecule has 3 heterocycles. The van der Waals surface area contributed by atoms with Crippen molar-refractivity contribution in [1.29, 1.82) is 0 Å². The van der Waals surface area contributed by atoms with Crippen molar-refractivity contribution in [2.45, 2.75) is 24.3 Å². The Hall–Kier alpha value is -3.28. The van der Waals surface area contributed by atoms with Crippen LogP contribution in [0.3, 0.4) is 0 Å². The summed E-state index contributed by atoms with van der Waals surface area (Å²) >= 11 is 7.09. The molecular formula is C23H20ClN5O4S2. The first-order valence-corrected chi connectivity index (χ1v) is 13.4. The fourth-order valence-corrected chi connectivity index (χ4v) is 6.19. The second kappa shape index (κ2) is 9.40. The van der Waals surface area contributed by atoms with Crippen molar-refractivity contribution in [3.05, 3.63) is 81.2 Å². The number of amides is 1. The number of aromatic nitrogens is 3. The number of hydrogen-bond acceptors (Lipinski definition) is 7. The van der Waals surface area contributed by atoms with Crippen molar-refractivity contribution in [3.63, 3.8) is 0 Å².